The van der Waals surface area contributed by atoms with E-state index in [-0.39, 0.29) is 48.3 Å². The molecule has 0 aliphatic rings. The van der Waals surface area contributed by atoms with Gasteiger partial charge in [-0.2, -0.15) is 0 Å². The molecule has 136 valence electrons. The first kappa shape index (κ1) is 22.4. The fraction of sp³-hybridized carbons (Fsp3) is 0.500. The Kier molecular flexibility index (Phi) is 11.1. The minimum atomic E-state index is -0.296. The molecule has 0 heterocycles. The number of aliphatic imine (C=N–C) groups is 1. The lowest BCUT2D eigenvalue weighted by atomic mass is 10.3. The molecule has 0 aliphatic heterocycles. The van der Waals surface area contributed by atoms with E-state index in [1.54, 1.807) is 26.2 Å². The highest BCUT2D eigenvalue weighted by atomic mass is 127. The van der Waals surface area contributed by atoms with Crippen molar-refractivity contribution in [3.63, 3.8) is 0 Å². The Labute approximate surface area is 159 Å². The maximum atomic E-state index is 12.8. The lowest BCUT2D eigenvalue weighted by Gasteiger charge is -2.18. The van der Waals surface area contributed by atoms with Gasteiger partial charge >= 0.3 is 0 Å². The predicted molar refractivity (Wildman–Crippen MR) is 105 cm³/mol. The molecule has 0 aliphatic carbocycles. The van der Waals surface area contributed by atoms with Gasteiger partial charge < -0.3 is 20.3 Å². The van der Waals surface area contributed by atoms with Gasteiger partial charge in [0.1, 0.15) is 24.2 Å². The first-order valence-corrected chi connectivity index (χ1v) is 7.57. The number of ether oxygens (including phenoxy) is 1. The third-order valence-corrected chi connectivity index (χ3v) is 2.92. The molecular formula is C16H26FIN4O2. The second-order valence-corrected chi connectivity index (χ2v) is 5.25. The number of benzene rings is 1. The van der Waals surface area contributed by atoms with E-state index >= 15 is 0 Å². The Balaban J connectivity index is 0.00000529. The van der Waals surface area contributed by atoms with Crippen LogP contribution in [-0.4, -0.2) is 56.6 Å². The Morgan fingerprint density at radius 3 is 2.46 bits per heavy atom. The number of carbonyl (C=O) groups excluding carboxylic acids is 1. The van der Waals surface area contributed by atoms with Gasteiger partial charge in [0.15, 0.2) is 5.96 Å². The quantitative estimate of drug-likeness (QED) is 0.377. The van der Waals surface area contributed by atoms with Crippen LogP contribution in [0.1, 0.15) is 13.8 Å². The van der Waals surface area contributed by atoms with Gasteiger partial charge in [-0.05, 0) is 38.1 Å². The molecule has 1 aromatic carbocycles. The highest BCUT2D eigenvalue weighted by Crippen LogP contribution is 2.12. The van der Waals surface area contributed by atoms with Crippen LogP contribution >= 0.6 is 24.0 Å². The van der Waals surface area contributed by atoms with Crippen molar-refractivity contribution < 1.29 is 13.9 Å². The van der Waals surface area contributed by atoms with E-state index in [1.807, 2.05) is 13.8 Å². The molecule has 1 aromatic rings. The average molecular weight is 452 g/mol. The molecule has 1 amide bonds. The van der Waals surface area contributed by atoms with E-state index in [0.29, 0.717) is 24.8 Å². The number of nitrogens with zero attached hydrogens (tertiary/aromatic N) is 2. The van der Waals surface area contributed by atoms with Crippen LogP contribution in [0, 0.1) is 5.82 Å². The van der Waals surface area contributed by atoms with E-state index in [2.05, 4.69) is 15.6 Å². The maximum absolute atomic E-state index is 12.8. The largest absolute Gasteiger partial charge is 0.489 e. The van der Waals surface area contributed by atoms with E-state index < -0.39 is 0 Å². The van der Waals surface area contributed by atoms with Crippen LogP contribution in [-0.2, 0) is 4.79 Å². The summed E-state index contributed by atoms with van der Waals surface area (Å²) in [6.07, 6.45) is -0.145. The van der Waals surface area contributed by atoms with Crippen molar-refractivity contribution in [2.24, 2.45) is 4.99 Å². The van der Waals surface area contributed by atoms with Crippen molar-refractivity contribution in [3.05, 3.63) is 30.1 Å². The lowest BCUT2D eigenvalue weighted by molar-refractivity contribution is -0.127. The van der Waals surface area contributed by atoms with Crippen LogP contribution < -0.4 is 15.4 Å². The van der Waals surface area contributed by atoms with Crippen molar-refractivity contribution >= 4 is 35.8 Å². The molecule has 6 nitrogen and oxygen atoms in total. The number of nitrogens with one attached hydrogen (secondary N) is 2. The summed E-state index contributed by atoms with van der Waals surface area (Å²) in [5.41, 5.74) is 0. The van der Waals surface area contributed by atoms with Crippen molar-refractivity contribution in [1.29, 1.82) is 0 Å². The Bertz CT molecular complexity index is 523. The van der Waals surface area contributed by atoms with Crippen LogP contribution in [0.4, 0.5) is 4.39 Å². The van der Waals surface area contributed by atoms with Crippen LogP contribution in [0.3, 0.4) is 0 Å². The maximum Gasteiger partial charge on any atom is 0.243 e. The highest BCUT2D eigenvalue weighted by Gasteiger charge is 2.07. The number of halogens is 2. The molecule has 0 fully saturated rings. The van der Waals surface area contributed by atoms with Crippen LogP contribution in [0.25, 0.3) is 0 Å². The summed E-state index contributed by atoms with van der Waals surface area (Å²) in [4.78, 5) is 17.3. The zero-order valence-corrected chi connectivity index (χ0v) is 16.8. The van der Waals surface area contributed by atoms with Gasteiger partial charge in [0, 0.05) is 20.6 Å². The normalized spacial score (nSPS) is 12.0. The molecule has 1 unspecified atom stereocenters. The molecule has 1 rings (SSSR count). The van der Waals surface area contributed by atoms with Gasteiger partial charge in [0.25, 0.3) is 0 Å². The van der Waals surface area contributed by atoms with Crippen molar-refractivity contribution in [3.8, 4) is 5.75 Å². The van der Waals surface area contributed by atoms with Gasteiger partial charge in [0.05, 0.1) is 6.54 Å². The van der Waals surface area contributed by atoms with Crippen LogP contribution in [0.2, 0.25) is 0 Å². The molecule has 1 atom stereocenters. The first-order valence-electron chi connectivity index (χ1n) is 7.57. The number of hydrogen-bond acceptors (Lipinski definition) is 3. The van der Waals surface area contributed by atoms with Gasteiger partial charge in [0.2, 0.25) is 5.91 Å². The average Bonchev–Trinajstić information content (AvgIpc) is 2.51. The molecule has 24 heavy (non-hydrogen) atoms. The van der Waals surface area contributed by atoms with Crippen LogP contribution in [0.5, 0.6) is 5.75 Å². The smallest absolute Gasteiger partial charge is 0.243 e. The molecule has 2 N–H and O–H groups in total. The summed E-state index contributed by atoms with van der Waals surface area (Å²) in [6.45, 7) is 5.11. The van der Waals surface area contributed by atoms with Crippen molar-refractivity contribution in [2.45, 2.75) is 20.0 Å². The third-order valence-electron chi connectivity index (χ3n) is 2.92. The molecule has 0 aromatic heterocycles. The topological polar surface area (TPSA) is 66.0 Å². The fourth-order valence-corrected chi connectivity index (χ4v) is 1.66. The zero-order valence-electron chi connectivity index (χ0n) is 14.5. The zero-order chi connectivity index (χ0) is 17.2. The minimum Gasteiger partial charge on any atom is -0.489 e. The van der Waals surface area contributed by atoms with Gasteiger partial charge in [-0.25, -0.2) is 9.38 Å². The molecule has 0 saturated carbocycles. The molecule has 8 heteroatoms. The number of guanidine groups is 1. The van der Waals surface area contributed by atoms with Gasteiger partial charge in [-0.3, -0.25) is 4.79 Å². The highest BCUT2D eigenvalue weighted by molar-refractivity contribution is 14.0. The number of hydrogen-bond donors (Lipinski definition) is 2. The van der Waals surface area contributed by atoms with Crippen LogP contribution in [0.15, 0.2) is 29.3 Å². The second-order valence-electron chi connectivity index (χ2n) is 5.25. The van der Waals surface area contributed by atoms with E-state index in [0.717, 1.165) is 0 Å². The lowest BCUT2D eigenvalue weighted by Crippen LogP contribution is -2.42. The first-order chi connectivity index (χ1) is 10.9. The van der Waals surface area contributed by atoms with Gasteiger partial charge in [-0.1, -0.05) is 0 Å². The molecule has 0 bridgehead atoms. The summed E-state index contributed by atoms with van der Waals surface area (Å²) in [6, 6.07) is 5.88. The minimum absolute atomic E-state index is 0. The number of amides is 1. The van der Waals surface area contributed by atoms with E-state index in [1.165, 1.54) is 17.0 Å². The number of rotatable bonds is 7. The number of likely N-dealkylation sites (N-methyl/N-ethyl adjacent to an activating group) is 1. The molecule has 0 spiro atoms. The van der Waals surface area contributed by atoms with Crippen molar-refractivity contribution in [1.82, 2.24) is 15.5 Å². The SMILES string of the molecule is CCNC(=NCC(=O)N(C)C)NCC(C)Oc1ccc(F)cc1.I. The Morgan fingerprint density at radius 1 is 1.29 bits per heavy atom. The molecular weight excluding hydrogens is 426 g/mol. The summed E-state index contributed by atoms with van der Waals surface area (Å²) in [7, 11) is 3.38. The summed E-state index contributed by atoms with van der Waals surface area (Å²) >= 11 is 0. The summed E-state index contributed by atoms with van der Waals surface area (Å²) in [5.74, 6) is 0.788. The standard InChI is InChI=1S/C16H25FN4O2.HI/c1-5-18-16(20-11-15(22)21(3)4)19-10-12(2)23-14-8-6-13(17)7-9-14;/h6-9,12H,5,10-11H2,1-4H3,(H2,18,19,20);1H. The Morgan fingerprint density at radius 2 is 1.92 bits per heavy atom. The molecule has 0 saturated heterocycles. The third kappa shape index (κ3) is 8.90. The number of carbonyl (C=O) groups is 1. The fourth-order valence-electron chi connectivity index (χ4n) is 1.66. The monoisotopic (exact) mass is 452 g/mol. The summed E-state index contributed by atoms with van der Waals surface area (Å²) in [5, 5.41) is 6.18. The second kappa shape index (κ2) is 11.9. The van der Waals surface area contributed by atoms with E-state index in [4.69, 9.17) is 4.74 Å². The molecule has 0 radical (unpaired) electrons. The Hall–Kier alpha value is -1.58. The summed E-state index contributed by atoms with van der Waals surface area (Å²) < 4.78 is 18.5. The van der Waals surface area contributed by atoms with E-state index in [9.17, 15) is 9.18 Å². The van der Waals surface area contributed by atoms with Gasteiger partial charge in [-0.15, -0.1) is 24.0 Å². The predicted octanol–water partition coefficient (Wildman–Crippen LogP) is 1.85. The van der Waals surface area contributed by atoms with Crippen molar-refractivity contribution in [2.75, 3.05) is 33.7 Å².